The summed E-state index contributed by atoms with van der Waals surface area (Å²) in [6.07, 6.45) is 1.64. The molecule has 17 heavy (non-hydrogen) atoms. The molecule has 1 aromatic rings. The fourth-order valence-corrected chi connectivity index (χ4v) is 3.29. The SMILES string of the molecule is CC(CCl)CS(=O)(=O)N[C@@H](C)c1ccccn1. The topological polar surface area (TPSA) is 59.1 Å². The van der Waals surface area contributed by atoms with Gasteiger partial charge in [-0.3, -0.25) is 4.98 Å². The lowest BCUT2D eigenvalue weighted by Gasteiger charge is -2.15. The molecule has 1 aromatic heterocycles. The van der Waals surface area contributed by atoms with Gasteiger partial charge in [0.25, 0.3) is 0 Å². The van der Waals surface area contributed by atoms with E-state index in [0.717, 1.165) is 0 Å². The number of rotatable bonds is 6. The lowest BCUT2D eigenvalue weighted by Crippen LogP contribution is -2.32. The summed E-state index contributed by atoms with van der Waals surface area (Å²) in [6.45, 7) is 3.57. The molecule has 0 aliphatic heterocycles. The molecular formula is C11H17ClN2O2S. The summed E-state index contributed by atoms with van der Waals surface area (Å²) in [4.78, 5) is 4.11. The Kier molecular flexibility index (Phi) is 5.36. The molecule has 0 fully saturated rings. The summed E-state index contributed by atoms with van der Waals surface area (Å²) in [5.74, 6) is 0.303. The second-order valence-corrected chi connectivity index (χ2v) is 6.24. The van der Waals surface area contributed by atoms with Crippen molar-refractivity contribution in [3.8, 4) is 0 Å². The fourth-order valence-electron chi connectivity index (χ4n) is 1.43. The van der Waals surface area contributed by atoms with E-state index < -0.39 is 10.0 Å². The highest BCUT2D eigenvalue weighted by atomic mass is 35.5. The number of hydrogen-bond donors (Lipinski definition) is 1. The van der Waals surface area contributed by atoms with Gasteiger partial charge >= 0.3 is 0 Å². The van der Waals surface area contributed by atoms with Crippen molar-refractivity contribution >= 4 is 21.6 Å². The largest absolute Gasteiger partial charge is 0.260 e. The van der Waals surface area contributed by atoms with Gasteiger partial charge < -0.3 is 0 Å². The predicted molar refractivity (Wildman–Crippen MR) is 69.5 cm³/mol. The highest BCUT2D eigenvalue weighted by Gasteiger charge is 2.19. The predicted octanol–water partition coefficient (Wildman–Crippen LogP) is 1.94. The molecular weight excluding hydrogens is 260 g/mol. The molecule has 0 amide bonds. The van der Waals surface area contributed by atoms with E-state index in [2.05, 4.69) is 9.71 Å². The van der Waals surface area contributed by atoms with E-state index in [4.69, 9.17) is 11.6 Å². The zero-order valence-corrected chi connectivity index (χ0v) is 11.5. The first-order valence-corrected chi connectivity index (χ1v) is 7.60. The highest BCUT2D eigenvalue weighted by Crippen LogP contribution is 2.11. The molecule has 0 aliphatic carbocycles. The number of nitrogens with zero attached hydrogens (tertiary/aromatic N) is 1. The number of alkyl halides is 1. The van der Waals surface area contributed by atoms with Crippen molar-refractivity contribution in [2.45, 2.75) is 19.9 Å². The number of nitrogens with one attached hydrogen (secondary N) is 1. The Morgan fingerprint density at radius 3 is 2.65 bits per heavy atom. The summed E-state index contributed by atoms with van der Waals surface area (Å²) in [5.41, 5.74) is 0.703. The van der Waals surface area contributed by atoms with Crippen molar-refractivity contribution < 1.29 is 8.42 Å². The Balaban J connectivity index is 2.65. The van der Waals surface area contributed by atoms with Crippen LogP contribution in [0.1, 0.15) is 25.6 Å². The van der Waals surface area contributed by atoms with E-state index in [9.17, 15) is 8.42 Å². The molecule has 1 N–H and O–H groups in total. The molecule has 6 heteroatoms. The van der Waals surface area contributed by atoms with Gasteiger partial charge in [0.05, 0.1) is 17.5 Å². The van der Waals surface area contributed by atoms with Crippen molar-refractivity contribution in [2.24, 2.45) is 5.92 Å². The highest BCUT2D eigenvalue weighted by molar-refractivity contribution is 7.89. The number of aromatic nitrogens is 1. The molecule has 1 unspecified atom stereocenters. The Morgan fingerprint density at radius 2 is 2.12 bits per heavy atom. The molecule has 2 atom stereocenters. The van der Waals surface area contributed by atoms with Crippen molar-refractivity contribution in [2.75, 3.05) is 11.6 Å². The zero-order chi connectivity index (χ0) is 12.9. The molecule has 0 spiro atoms. The first kappa shape index (κ1) is 14.4. The molecule has 0 aliphatic rings. The molecule has 1 heterocycles. The normalized spacial score (nSPS) is 15.5. The molecule has 0 aromatic carbocycles. The lowest BCUT2D eigenvalue weighted by atomic mass is 10.2. The summed E-state index contributed by atoms with van der Waals surface area (Å²) < 4.78 is 26.2. The minimum atomic E-state index is -3.31. The van der Waals surface area contributed by atoms with E-state index in [1.807, 2.05) is 6.07 Å². The Hall–Kier alpha value is -0.650. The third kappa shape index (κ3) is 5.02. The van der Waals surface area contributed by atoms with Gasteiger partial charge in [0.15, 0.2) is 0 Å². The van der Waals surface area contributed by atoms with Crippen LogP contribution in [0.25, 0.3) is 0 Å². The molecule has 96 valence electrons. The lowest BCUT2D eigenvalue weighted by molar-refractivity contribution is 0.552. The van der Waals surface area contributed by atoms with Crippen molar-refractivity contribution in [1.29, 1.82) is 0 Å². The van der Waals surface area contributed by atoms with Gasteiger partial charge in [-0.1, -0.05) is 13.0 Å². The maximum absolute atomic E-state index is 11.8. The van der Waals surface area contributed by atoms with Crippen LogP contribution in [0.4, 0.5) is 0 Å². The molecule has 1 rings (SSSR count). The summed E-state index contributed by atoms with van der Waals surface area (Å²) in [6, 6.07) is 5.08. The van der Waals surface area contributed by atoms with Crippen LogP contribution >= 0.6 is 11.6 Å². The van der Waals surface area contributed by atoms with E-state index in [-0.39, 0.29) is 17.7 Å². The fraction of sp³-hybridized carbons (Fsp3) is 0.545. The van der Waals surface area contributed by atoms with Gasteiger partial charge in [0.2, 0.25) is 10.0 Å². The minimum Gasteiger partial charge on any atom is -0.260 e. The number of halogens is 1. The van der Waals surface area contributed by atoms with Gasteiger partial charge in [0.1, 0.15) is 0 Å². The molecule has 4 nitrogen and oxygen atoms in total. The van der Waals surface area contributed by atoms with Crippen LogP contribution in [-0.4, -0.2) is 25.0 Å². The van der Waals surface area contributed by atoms with Crippen LogP contribution in [0.3, 0.4) is 0 Å². The smallest absolute Gasteiger partial charge is 0.212 e. The third-order valence-electron chi connectivity index (χ3n) is 2.26. The standard InChI is InChI=1S/C11H17ClN2O2S/c1-9(7-12)8-17(15,16)14-10(2)11-5-3-4-6-13-11/h3-6,9-10,14H,7-8H2,1-2H3/t9?,10-/m0/s1. The van der Waals surface area contributed by atoms with Gasteiger partial charge in [-0.2, -0.15) is 0 Å². The zero-order valence-electron chi connectivity index (χ0n) is 9.93. The molecule has 0 bridgehead atoms. The van der Waals surface area contributed by atoms with Crippen LogP contribution in [-0.2, 0) is 10.0 Å². The van der Waals surface area contributed by atoms with Gasteiger partial charge in [-0.25, -0.2) is 13.1 Å². The van der Waals surface area contributed by atoms with Crippen molar-refractivity contribution in [3.05, 3.63) is 30.1 Å². The second-order valence-electron chi connectivity index (χ2n) is 4.14. The minimum absolute atomic E-state index is 0.0354. The Morgan fingerprint density at radius 1 is 1.41 bits per heavy atom. The number of hydrogen-bond acceptors (Lipinski definition) is 3. The molecule has 0 radical (unpaired) electrons. The van der Waals surface area contributed by atoms with Crippen molar-refractivity contribution in [3.63, 3.8) is 0 Å². The third-order valence-corrected chi connectivity index (χ3v) is 4.50. The number of sulfonamides is 1. The summed E-state index contributed by atoms with van der Waals surface area (Å²) in [5, 5.41) is 0. The van der Waals surface area contributed by atoms with Crippen molar-refractivity contribution in [1.82, 2.24) is 9.71 Å². The summed E-state index contributed by atoms with van der Waals surface area (Å²) >= 11 is 5.61. The van der Waals surface area contributed by atoms with Crippen LogP contribution in [0.2, 0.25) is 0 Å². The molecule has 0 saturated carbocycles. The van der Waals surface area contributed by atoms with Crippen LogP contribution in [0.15, 0.2) is 24.4 Å². The maximum Gasteiger partial charge on any atom is 0.212 e. The maximum atomic E-state index is 11.8. The van der Waals surface area contributed by atoms with E-state index in [1.165, 1.54) is 0 Å². The average Bonchev–Trinajstić information content (AvgIpc) is 2.28. The molecule has 0 saturated heterocycles. The monoisotopic (exact) mass is 276 g/mol. The van der Waals surface area contributed by atoms with E-state index in [1.54, 1.807) is 32.2 Å². The van der Waals surface area contributed by atoms with E-state index in [0.29, 0.717) is 11.6 Å². The van der Waals surface area contributed by atoms with Crippen LogP contribution in [0.5, 0.6) is 0 Å². The Bertz CT molecular complexity index is 436. The van der Waals surface area contributed by atoms with Crippen LogP contribution in [0, 0.1) is 5.92 Å². The van der Waals surface area contributed by atoms with Crippen LogP contribution < -0.4 is 4.72 Å². The summed E-state index contributed by atoms with van der Waals surface area (Å²) in [7, 11) is -3.31. The van der Waals surface area contributed by atoms with E-state index >= 15 is 0 Å². The van der Waals surface area contributed by atoms with Gasteiger partial charge in [-0.05, 0) is 25.0 Å². The van der Waals surface area contributed by atoms with Gasteiger partial charge in [-0.15, -0.1) is 11.6 Å². The van der Waals surface area contributed by atoms with Gasteiger partial charge in [0, 0.05) is 12.1 Å². The second kappa shape index (κ2) is 6.33. The quantitative estimate of drug-likeness (QED) is 0.808. The first-order valence-electron chi connectivity index (χ1n) is 5.41. The number of pyridine rings is 1. The average molecular weight is 277 g/mol. The Labute approximate surface area is 107 Å². The first-order chi connectivity index (χ1) is 7.94.